The first kappa shape index (κ1) is 15.7. The molecule has 1 unspecified atom stereocenters. The SMILES string of the molecule is CCC(N1c2ccccc2Sc2c(Cl)cccc21)S(=O)(=O)O. The summed E-state index contributed by atoms with van der Waals surface area (Å²) < 4.78 is 33.3. The largest absolute Gasteiger partial charge is 0.320 e. The van der Waals surface area contributed by atoms with Crippen LogP contribution < -0.4 is 4.90 Å². The van der Waals surface area contributed by atoms with Gasteiger partial charge in [-0.05, 0) is 30.7 Å². The fraction of sp³-hybridized carbons (Fsp3) is 0.200. The van der Waals surface area contributed by atoms with Crippen molar-refractivity contribution in [2.45, 2.75) is 28.5 Å². The lowest BCUT2D eigenvalue weighted by atomic mass is 10.2. The number of hydrogen-bond acceptors (Lipinski definition) is 4. The first-order chi connectivity index (χ1) is 10.4. The highest BCUT2D eigenvalue weighted by molar-refractivity contribution is 8.00. The number of anilines is 2. The van der Waals surface area contributed by atoms with Gasteiger partial charge in [0, 0.05) is 4.90 Å². The molecule has 1 aliphatic rings. The number of hydrogen-bond donors (Lipinski definition) is 1. The minimum Gasteiger partial charge on any atom is -0.320 e. The van der Waals surface area contributed by atoms with Gasteiger partial charge in [0.15, 0.2) is 5.37 Å². The molecule has 0 saturated heterocycles. The molecule has 2 aromatic rings. The molecular formula is C15H14ClNO3S2. The zero-order valence-corrected chi connectivity index (χ0v) is 14.1. The van der Waals surface area contributed by atoms with Crippen LogP contribution in [-0.2, 0) is 10.1 Å². The van der Waals surface area contributed by atoms with Gasteiger partial charge in [0.25, 0.3) is 10.1 Å². The molecule has 2 aromatic carbocycles. The average molecular weight is 356 g/mol. The van der Waals surface area contributed by atoms with Gasteiger partial charge in [0.2, 0.25) is 0 Å². The molecule has 1 aliphatic heterocycles. The van der Waals surface area contributed by atoms with Gasteiger partial charge in [0.05, 0.1) is 21.3 Å². The number of para-hydroxylation sites is 1. The molecule has 0 spiro atoms. The zero-order valence-electron chi connectivity index (χ0n) is 11.7. The summed E-state index contributed by atoms with van der Waals surface area (Å²) >= 11 is 7.78. The van der Waals surface area contributed by atoms with E-state index in [2.05, 4.69) is 0 Å². The first-order valence-corrected chi connectivity index (χ1v) is 9.44. The van der Waals surface area contributed by atoms with Gasteiger partial charge < -0.3 is 4.90 Å². The molecule has 0 fully saturated rings. The van der Waals surface area contributed by atoms with Gasteiger partial charge in [-0.1, -0.05) is 48.5 Å². The Morgan fingerprint density at radius 1 is 1.18 bits per heavy atom. The van der Waals surface area contributed by atoms with E-state index in [1.165, 1.54) is 11.8 Å². The van der Waals surface area contributed by atoms with Crippen molar-refractivity contribution in [1.29, 1.82) is 0 Å². The number of rotatable bonds is 3. The van der Waals surface area contributed by atoms with Crippen molar-refractivity contribution in [3.8, 4) is 0 Å². The Hall–Kier alpha value is -1.21. The lowest BCUT2D eigenvalue weighted by molar-refractivity contribution is 0.464. The third-order valence-corrected chi connectivity index (χ3v) is 6.38. The minimum atomic E-state index is -4.24. The molecule has 7 heteroatoms. The van der Waals surface area contributed by atoms with E-state index in [9.17, 15) is 13.0 Å². The van der Waals surface area contributed by atoms with E-state index < -0.39 is 15.5 Å². The van der Waals surface area contributed by atoms with Gasteiger partial charge in [-0.2, -0.15) is 8.42 Å². The molecule has 116 valence electrons. The Balaban J connectivity index is 2.27. The maximum absolute atomic E-state index is 11.8. The Morgan fingerprint density at radius 3 is 2.55 bits per heavy atom. The van der Waals surface area contributed by atoms with Crippen molar-refractivity contribution in [3.05, 3.63) is 47.5 Å². The van der Waals surface area contributed by atoms with Crippen molar-refractivity contribution in [3.63, 3.8) is 0 Å². The summed E-state index contributed by atoms with van der Waals surface area (Å²) in [5.74, 6) is 0. The molecule has 1 heterocycles. The molecule has 22 heavy (non-hydrogen) atoms. The van der Waals surface area contributed by atoms with E-state index in [4.69, 9.17) is 11.6 Å². The van der Waals surface area contributed by atoms with Crippen molar-refractivity contribution in [2.24, 2.45) is 0 Å². The fourth-order valence-electron chi connectivity index (χ4n) is 2.61. The van der Waals surface area contributed by atoms with Gasteiger partial charge in [-0.25, -0.2) is 0 Å². The third-order valence-electron chi connectivity index (χ3n) is 3.52. The summed E-state index contributed by atoms with van der Waals surface area (Å²) in [6, 6.07) is 12.9. The average Bonchev–Trinajstić information content (AvgIpc) is 2.47. The van der Waals surface area contributed by atoms with Crippen LogP contribution in [0.15, 0.2) is 52.3 Å². The van der Waals surface area contributed by atoms with Crippen LogP contribution in [0.25, 0.3) is 0 Å². The molecule has 4 nitrogen and oxygen atoms in total. The topological polar surface area (TPSA) is 57.6 Å². The van der Waals surface area contributed by atoms with Crippen LogP contribution in [0.2, 0.25) is 5.02 Å². The third kappa shape index (κ3) is 2.60. The Morgan fingerprint density at radius 2 is 1.86 bits per heavy atom. The molecule has 0 amide bonds. The van der Waals surface area contributed by atoms with E-state index in [0.29, 0.717) is 10.7 Å². The van der Waals surface area contributed by atoms with Crippen LogP contribution in [0.5, 0.6) is 0 Å². The normalized spacial score (nSPS) is 15.1. The van der Waals surface area contributed by atoms with Crippen molar-refractivity contribution < 1.29 is 13.0 Å². The lowest BCUT2D eigenvalue weighted by Crippen LogP contribution is -2.38. The van der Waals surface area contributed by atoms with E-state index in [1.54, 1.807) is 24.0 Å². The van der Waals surface area contributed by atoms with Crippen LogP contribution in [0.1, 0.15) is 13.3 Å². The summed E-state index contributed by atoms with van der Waals surface area (Å²) in [6.07, 6.45) is 0.254. The smallest absolute Gasteiger partial charge is 0.286 e. The number of halogens is 1. The fourth-order valence-corrected chi connectivity index (χ4v) is 4.88. The standard InChI is InChI=1S/C15H14ClNO3S2/c1-2-14(22(18,19)20)17-11-7-3-4-9-13(11)21-15-10(16)6-5-8-12(15)17/h3-9,14H,2H2,1H3,(H,18,19,20). The summed E-state index contributed by atoms with van der Waals surface area (Å²) in [5.41, 5.74) is 1.45. The van der Waals surface area contributed by atoms with Gasteiger partial charge in [0.1, 0.15) is 0 Å². The summed E-state index contributed by atoms with van der Waals surface area (Å²) in [6.45, 7) is 1.73. The number of fused-ring (bicyclic) bond motifs is 2. The van der Waals surface area contributed by atoms with E-state index in [-0.39, 0.29) is 6.42 Å². The van der Waals surface area contributed by atoms with Crippen LogP contribution in [0, 0.1) is 0 Å². The summed E-state index contributed by atoms with van der Waals surface area (Å²) in [7, 11) is -4.24. The second-order valence-corrected chi connectivity index (χ2v) is 7.94. The minimum absolute atomic E-state index is 0.254. The molecule has 1 N–H and O–H groups in total. The van der Waals surface area contributed by atoms with Crippen LogP contribution in [0.3, 0.4) is 0 Å². The summed E-state index contributed by atoms with van der Waals surface area (Å²) in [4.78, 5) is 3.36. The van der Waals surface area contributed by atoms with Crippen molar-refractivity contribution in [1.82, 2.24) is 0 Å². The Labute approximate surface area is 138 Å². The molecule has 0 aromatic heterocycles. The van der Waals surface area contributed by atoms with E-state index in [0.717, 1.165) is 15.5 Å². The van der Waals surface area contributed by atoms with Crippen LogP contribution in [-0.4, -0.2) is 18.3 Å². The monoisotopic (exact) mass is 355 g/mol. The highest BCUT2D eigenvalue weighted by Crippen LogP contribution is 2.51. The van der Waals surface area contributed by atoms with E-state index >= 15 is 0 Å². The highest BCUT2D eigenvalue weighted by Gasteiger charge is 2.35. The maximum Gasteiger partial charge on any atom is 0.286 e. The molecule has 3 rings (SSSR count). The molecule has 0 aliphatic carbocycles. The quantitative estimate of drug-likeness (QED) is 0.817. The zero-order chi connectivity index (χ0) is 15.9. The highest BCUT2D eigenvalue weighted by atomic mass is 35.5. The second kappa shape index (κ2) is 5.77. The number of benzene rings is 2. The Kier molecular flexibility index (Phi) is 4.11. The van der Waals surface area contributed by atoms with Gasteiger partial charge in [-0.3, -0.25) is 4.55 Å². The number of nitrogens with zero attached hydrogens (tertiary/aromatic N) is 1. The molecule has 0 radical (unpaired) electrons. The van der Waals surface area contributed by atoms with Crippen LogP contribution >= 0.6 is 23.4 Å². The molecule has 0 saturated carbocycles. The van der Waals surface area contributed by atoms with Gasteiger partial charge >= 0.3 is 0 Å². The molecule has 1 atom stereocenters. The predicted molar refractivity (Wildman–Crippen MR) is 89.8 cm³/mol. The Bertz CT molecular complexity index is 823. The van der Waals surface area contributed by atoms with Crippen LogP contribution in [0.4, 0.5) is 11.4 Å². The molecule has 0 bridgehead atoms. The van der Waals surface area contributed by atoms with Crippen molar-refractivity contribution >= 4 is 44.9 Å². The maximum atomic E-state index is 11.8. The van der Waals surface area contributed by atoms with E-state index in [1.807, 2.05) is 30.3 Å². The lowest BCUT2D eigenvalue weighted by Gasteiger charge is -2.37. The summed E-state index contributed by atoms with van der Waals surface area (Å²) in [5, 5.41) is -0.487. The first-order valence-electron chi connectivity index (χ1n) is 6.74. The van der Waals surface area contributed by atoms with Crippen molar-refractivity contribution in [2.75, 3.05) is 4.90 Å². The van der Waals surface area contributed by atoms with Gasteiger partial charge in [-0.15, -0.1) is 0 Å². The molecular weight excluding hydrogens is 342 g/mol. The second-order valence-electron chi connectivity index (χ2n) is 4.91. The predicted octanol–water partition coefficient (Wildman–Crippen LogP) is 4.57.